The van der Waals surface area contributed by atoms with Crippen LogP contribution in [-0.2, 0) is 13.0 Å². The highest BCUT2D eigenvalue weighted by atomic mass is 19.1. The van der Waals surface area contributed by atoms with Crippen molar-refractivity contribution in [2.75, 3.05) is 6.54 Å². The Labute approximate surface area is 118 Å². The van der Waals surface area contributed by atoms with Crippen LogP contribution in [0.25, 0.3) is 0 Å². The van der Waals surface area contributed by atoms with Gasteiger partial charge in [0.15, 0.2) is 0 Å². The van der Waals surface area contributed by atoms with Crippen molar-refractivity contribution in [2.45, 2.75) is 38.3 Å². The molecule has 0 saturated carbocycles. The van der Waals surface area contributed by atoms with E-state index in [0.29, 0.717) is 6.04 Å². The van der Waals surface area contributed by atoms with Crippen molar-refractivity contribution in [1.82, 2.24) is 14.9 Å². The summed E-state index contributed by atoms with van der Waals surface area (Å²) in [5.41, 5.74) is 2.06. The molecule has 1 unspecified atom stereocenters. The summed E-state index contributed by atoms with van der Waals surface area (Å²) >= 11 is 0. The van der Waals surface area contributed by atoms with Crippen molar-refractivity contribution >= 4 is 0 Å². The largest absolute Gasteiger partial charge is 0.337 e. The molecule has 0 bridgehead atoms. The maximum absolute atomic E-state index is 13.6. The third-order valence-corrected chi connectivity index (χ3v) is 4.01. The number of hydrogen-bond donors (Lipinski definition) is 1. The number of unbranched alkanes of at least 4 members (excludes halogenated alkanes) is 1. The van der Waals surface area contributed by atoms with Gasteiger partial charge >= 0.3 is 0 Å². The lowest BCUT2D eigenvalue weighted by molar-refractivity contribution is 0.498. The maximum Gasteiger partial charge on any atom is 0.126 e. The van der Waals surface area contributed by atoms with Crippen LogP contribution in [0.4, 0.5) is 4.39 Å². The highest BCUT2D eigenvalue weighted by Crippen LogP contribution is 2.32. The Bertz CT molecular complexity index is 551. The first-order valence-corrected chi connectivity index (χ1v) is 7.31. The van der Waals surface area contributed by atoms with Gasteiger partial charge in [-0.1, -0.05) is 12.1 Å². The number of imidazole rings is 1. The molecule has 0 fully saturated rings. The molecule has 0 spiro atoms. The van der Waals surface area contributed by atoms with Crippen molar-refractivity contribution in [2.24, 2.45) is 0 Å². The summed E-state index contributed by atoms with van der Waals surface area (Å²) in [5.74, 6) is -0.0492. The predicted molar refractivity (Wildman–Crippen MR) is 76.9 cm³/mol. The van der Waals surface area contributed by atoms with E-state index in [1.165, 1.54) is 0 Å². The van der Waals surface area contributed by atoms with Gasteiger partial charge in [-0.05, 0) is 49.4 Å². The minimum absolute atomic E-state index is 0.0492. The first kappa shape index (κ1) is 13.3. The average molecular weight is 273 g/mol. The van der Waals surface area contributed by atoms with Crippen LogP contribution < -0.4 is 5.32 Å². The standard InChI is InChI=1S/C16H20FN3/c17-15-5-3-4-14-13(15)6-7-16(14)19-8-1-2-10-20-11-9-18-12-20/h3-5,9,11-12,16,19H,1-2,6-8,10H2. The number of benzene rings is 1. The van der Waals surface area contributed by atoms with Gasteiger partial charge in [0.2, 0.25) is 0 Å². The molecule has 1 aromatic carbocycles. The Morgan fingerprint density at radius 1 is 1.35 bits per heavy atom. The number of aryl methyl sites for hydroxylation is 1. The molecule has 1 heterocycles. The SMILES string of the molecule is Fc1cccc2c1CCC2NCCCCn1ccnc1. The molecule has 0 radical (unpaired) electrons. The van der Waals surface area contributed by atoms with E-state index in [0.717, 1.165) is 49.9 Å². The molecule has 3 rings (SSSR count). The van der Waals surface area contributed by atoms with E-state index in [1.807, 2.05) is 24.8 Å². The van der Waals surface area contributed by atoms with Crippen molar-refractivity contribution in [1.29, 1.82) is 0 Å². The summed E-state index contributed by atoms with van der Waals surface area (Å²) < 4.78 is 15.7. The normalized spacial score (nSPS) is 17.4. The molecule has 1 N–H and O–H groups in total. The van der Waals surface area contributed by atoms with Crippen molar-refractivity contribution < 1.29 is 4.39 Å². The smallest absolute Gasteiger partial charge is 0.126 e. The van der Waals surface area contributed by atoms with Crippen LogP contribution in [0.5, 0.6) is 0 Å². The fourth-order valence-corrected chi connectivity index (χ4v) is 2.94. The second-order valence-corrected chi connectivity index (χ2v) is 5.36. The zero-order valence-corrected chi connectivity index (χ0v) is 11.6. The molecule has 4 heteroatoms. The van der Waals surface area contributed by atoms with E-state index in [2.05, 4.69) is 20.9 Å². The van der Waals surface area contributed by atoms with E-state index in [1.54, 1.807) is 6.07 Å². The molecule has 2 aromatic rings. The number of rotatable bonds is 6. The van der Waals surface area contributed by atoms with Crippen LogP contribution in [0.3, 0.4) is 0 Å². The third kappa shape index (κ3) is 2.90. The molecule has 106 valence electrons. The maximum atomic E-state index is 13.6. The zero-order valence-electron chi connectivity index (χ0n) is 11.6. The molecule has 1 aliphatic carbocycles. The molecule has 0 aliphatic heterocycles. The summed E-state index contributed by atoms with van der Waals surface area (Å²) in [5, 5.41) is 3.55. The topological polar surface area (TPSA) is 29.9 Å². The summed E-state index contributed by atoms with van der Waals surface area (Å²) in [6, 6.07) is 5.75. The van der Waals surface area contributed by atoms with Gasteiger partial charge in [0, 0.05) is 25.0 Å². The Hall–Kier alpha value is -1.68. The van der Waals surface area contributed by atoms with Crippen molar-refractivity contribution in [3.8, 4) is 0 Å². The summed E-state index contributed by atoms with van der Waals surface area (Å²) in [6.07, 6.45) is 9.77. The van der Waals surface area contributed by atoms with E-state index in [9.17, 15) is 4.39 Å². The van der Waals surface area contributed by atoms with Crippen LogP contribution in [0, 0.1) is 5.82 Å². The highest BCUT2D eigenvalue weighted by molar-refractivity contribution is 5.35. The molecule has 3 nitrogen and oxygen atoms in total. The predicted octanol–water partition coefficient (Wildman–Crippen LogP) is 3.08. The summed E-state index contributed by atoms with van der Waals surface area (Å²) in [4.78, 5) is 4.03. The first-order valence-electron chi connectivity index (χ1n) is 7.31. The molecule has 20 heavy (non-hydrogen) atoms. The minimum atomic E-state index is -0.0492. The van der Waals surface area contributed by atoms with Crippen LogP contribution in [0.15, 0.2) is 36.9 Å². The van der Waals surface area contributed by atoms with Gasteiger partial charge in [0.05, 0.1) is 6.33 Å². The van der Waals surface area contributed by atoms with E-state index in [4.69, 9.17) is 0 Å². The van der Waals surface area contributed by atoms with Crippen LogP contribution in [0.1, 0.15) is 36.4 Å². The number of hydrogen-bond acceptors (Lipinski definition) is 2. The third-order valence-electron chi connectivity index (χ3n) is 4.01. The second-order valence-electron chi connectivity index (χ2n) is 5.36. The molecular weight excluding hydrogens is 253 g/mol. The lowest BCUT2D eigenvalue weighted by Crippen LogP contribution is -2.20. The minimum Gasteiger partial charge on any atom is -0.337 e. The number of nitrogens with one attached hydrogen (secondary N) is 1. The Morgan fingerprint density at radius 2 is 2.30 bits per heavy atom. The van der Waals surface area contributed by atoms with Gasteiger partial charge in [0.25, 0.3) is 0 Å². The van der Waals surface area contributed by atoms with Crippen molar-refractivity contribution in [3.63, 3.8) is 0 Å². The summed E-state index contributed by atoms with van der Waals surface area (Å²) in [6.45, 7) is 1.99. The molecule has 1 atom stereocenters. The van der Waals surface area contributed by atoms with Gasteiger partial charge in [-0.2, -0.15) is 0 Å². The number of halogens is 1. The molecule has 1 aliphatic rings. The quantitative estimate of drug-likeness (QED) is 0.820. The van der Waals surface area contributed by atoms with Gasteiger partial charge in [-0.3, -0.25) is 0 Å². The van der Waals surface area contributed by atoms with Gasteiger partial charge in [0.1, 0.15) is 5.82 Å². The van der Waals surface area contributed by atoms with Gasteiger partial charge < -0.3 is 9.88 Å². The van der Waals surface area contributed by atoms with Crippen LogP contribution >= 0.6 is 0 Å². The van der Waals surface area contributed by atoms with Crippen LogP contribution in [0.2, 0.25) is 0 Å². The Balaban J connectivity index is 1.43. The number of fused-ring (bicyclic) bond motifs is 1. The number of nitrogens with zero attached hydrogens (tertiary/aromatic N) is 2. The second kappa shape index (κ2) is 6.18. The van der Waals surface area contributed by atoms with E-state index in [-0.39, 0.29) is 5.82 Å². The van der Waals surface area contributed by atoms with Crippen molar-refractivity contribution in [3.05, 3.63) is 53.9 Å². The first-order chi connectivity index (χ1) is 9.84. The van der Waals surface area contributed by atoms with Gasteiger partial charge in [-0.15, -0.1) is 0 Å². The Kier molecular flexibility index (Phi) is 4.11. The molecule has 0 saturated heterocycles. The Morgan fingerprint density at radius 3 is 3.15 bits per heavy atom. The lowest BCUT2D eigenvalue weighted by atomic mass is 10.1. The van der Waals surface area contributed by atoms with Crippen LogP contribution in [-0.4, -0.2) is 16.1 Å². The summed E-state index contributed by atoms with van der Waals surface area (Å²) in [7, 11) is 0. The highest BCUT2D eigenvalue weighted by Gasteiger charge is 2.23. The zero-order chi connectivity index (χ0) is 13.8. The monoisotopic (exact) mass is 273 g/mol. The fourth-order valence-electron chi connectivity index (χ4n) is 2.94. The fraction of sp³-hybridized carbons (Fsp3) is 0.438. The van der Waals surface area contributed by atoms with E-state index < -0.39 is 0 Å². The number of aromatic nitrogens is 2. The molecule has 0 amide bonds. The van der Waals surface area contributed by atoms with Gasteiger partial charge in [-0.25, -0.2) is 9.37 Å². The average Bonchev–Trinajstić information content (AvgIpc) is 3.09. The molecular formula is C16H20FN3. The molecule has 1 aromatic heterocycles. The van der Waals surface area contributed by atoms with E-state index >= 15 is 0 Å². The lowest BCUT2D eigenvalue weighted by Gasteiger charge is -2.14.